The van der Waals surface area contributed by atoms with Crippen molar-refractivity contribution in [1.82, 2.24) is 19.4 Å². The predicted molar refractivity (Wildman–Crippen MR) is 120 cm³/mol. The van der Waals surface area contributed by atoms with Crippen LogP contribution >= 0.6 is 12.2 Å². The lowest BCUT2D eigenvalue weighted by molar-refractivity contribution is 0.780. The average Bonchev–Trinajstić information content (AvgIpc) is 3.25. The van der Waals surface area contributed by atoms with Gasteiger partial charge in [-0.1, -0.05) is 49.4 Å². The molecule has 0 spiro atoms. The molecule has 6 heteroatoms. The first-order valence-electron chi connectivity index (χ1n) is 9.64. The van der Waals surface area contributed by atoms with Crippen LogP contribution in [0.4, 0.5) is 0 Å². The third-order valence-electron chi connectivity index (χ3n) is 5.05. The maximum absolute atomic E-state index is 5.27. The maximum atomic E-state index is 5.27. The van der Waals surface area contributed by atoms with Crippen LogP contribution in [0.15, 0.2) is 65.8 Å². The lowest BCUT2D eigenvalue weighted by Crippen LogP contribution is -2.00. The number of rotatable bonds is 5. The molecule has 29 heavy (non-hydrogen) atoms. The second-order valence-electron chi connectivity index (χ2n) is 6.93. The first-order valence-corrected chi connectivity index (χ1v) is 10.0. The molecule has 0 unspecified atom stereocenters. The van der Waals surface area contributed by atoms with E-state index < -0.39 is 0 Å². The summed E-state index contributed by atoms with van der Waals surface area (Å²) in [7, 11) is 0. The molecular formula is C23H23N5S. The smallest absolute Gasteiger partial charge is 0.216 e. The van der Waals surface area contributed by atoms with Crippen LogP contribution in [0, 0.1) is 18.6 Å². The minimum Gasteiger partial charge on any atom is -0.318 e. The second-order valence-corrected chi connectivity index (χ2v) is 7.32. The van der Waals surface area contributed by atoms with Crippen molar-refractivity contribution < 1.29 is 0 Å². The molecule has 0 fully saturated rings. The van der Waals surface area contributed by atoms with Crippen molar-refractivity contribution in [2.75, 3.05) is 0 Å². The van der Waals surface area contributed by atoms with Crippen LogP contribution in [-0.4, -0.2) is 25.7 Å². The fraction of sp³-hybridized carbons (Fsp3) is 0.174. The van der Waals surface area contributed by atoms with Gasteiger partial charge in [-0.3, -0.25) is 5.10 Å². The number of H-pyrrole nitrogens is 1. The molecular weight excluding hydrogens is 378 g/mol. The highest BCUT2D eigenvalue weighted by molar-refractivity contribution is 7.71. The molecule has 0 radical (unpaired) electrons. The summed E-state index contributed by atoms with van der Waals surface area (Å²) in [6, 6.07) is 21.2. The highest BCUT2D eigenvalue weighted by Crippen LogP contribution is 2.24. The molecule has 5 nitrogen and oxygen atoms in total. The molecule has 1 N–H and O–H groups in total. The summed E-state index contributed by atoms with van der Waals surface area (Å²) in [6.45, 7) is 6.24. The molecule has 2 heterocycles. The first kappa shape index (κ1) is 19.1. The van der Waals surface area contributed by atoms with E-state index >= 15 is 0 Å². The third kappa shape index (κ3) is 3.71. The molecule has 4 rings (SSSR count). The van der Waals surface area contributed by atoms with Gasteiger partial charge in [-0.05, 0) is 55.4 Å². The minimum atomic E-state index is 0.503. The lowest BCUT2D eigenvalue weighted by atomic mass is 10.1. The molecule has 0 aliphatic rings. The minimum absolute atomic E-state index is 0.503. The van der Waals surface area contributed by atoms with E-state index in [4.69, 9.17) is 12.2 Å². The molecule has 0 bridgehead atoms. The Hall–Kier alpha value is -3.25. The number of hydrogen-bond acceptors (Lipinski definition) is 3. The van der Waals surface area contributed by atoms with Gasteiger partial charge in [-0.25, -0.2) is 0 Å². The standard InChI is InChI=1S/C23H23N5S/c1-4-22-25-26-23(29)28(22)24-15-20-14-16(2)27(17(20)3)21-12-10-19(11-13-21)18-8-6-5-7-9-18/h5-15H,4H2,1-3H3,(H,26,29)/b24-15-. The normalized spacial score (nSPS) is 11.4. The van der Waals surface area contributed by atoms with E-state index in [1.165, 1.54) is 11.1 Å². The van der Waals surface area contributed by atoms with Crippen LogP contribution in [0.2, 0.25) is 0 Å². The van der Waals surface area contributed by atoms with Gasteiger partial charge < -0.3 is 4.57 Å². The quantitative estimate of drug-likeness (QED) is 0.357. The fourth-order valence-electron chi connectivity index (χ4n) is 3.54. The van der Waals surface area contributed by atoms with Crippen LogP contribution in [0.1, 0.15) is 29.7 Å². The van der Waals surface area contributed by atoms with Crippen molar-refractivity contribution in [2.45, 2.75) is 27.2 Å². The van der Waals surface area contributed by atoms with Crippen molar-refractivity contribution in [3.8, 4) is 16.8 Å². The number of nitrogens with one attached hydrogen (secondary N) is 1. The SMILES string of the molecule is CCc1n[nH]c(=S)n1/N=C\c1cc(C)n(-c2ccc(-c3ccccc3)cc2)c1C. The van der Waals surface area contributed by atoms with Gasteiger partial charge in [-0.15, -0.1) is 0 Å². The zero-order valence-electron chi connectivity index (χ0n) is 16.8. The lowest BCUT2D eigenvalue weighted by Gasteiger charge is -2.11. The van der Waals surface area contributed by atoms with E-state index in [-0.39, 0.29) is 0 Å². The van der Waals surface area contributed by atoms with Gasteiger partial charge in [0.2, 0.25) is 4.77 Å². The van der Waals surface area contributed by atoms with Gasteiger partial charge in [0.25, 0.3) is 0 Å². The Balaban J connectivity index is 1.66. The summed E-state index contributed by atoms with van der Waals surface area (Å²) >= 11 is 5.27. The molecule has 0 aliphatic heterocycles. The zero-order chi connectivity index (χ0) is 20.4. The molecule has 146 valence electrons. The van der Waals surface area contributed by atoms with E-state index in [0.717, 1.165) is 34.9 Å². The number of nitrogens with zero attached hydrogens (tertiary/aromatic N) is 4. The fourth-order valence-corrected chi connectivity index (χ4v) is 3.74. The Morgan fingerprint density at radius 1 is 1.03 bits per heavy atom. The van der Waals surface area contributed by atoms with Gasteiger partial charge in [0.05, 0.1) is 6.21 Å². The Labute approximate surface area is 175 Å². The van der Waals surface area contributed by atoms with Crippen molar-refractivity contribution in [1.29, 1.82) is 0 Å². The van der Waals surface area contributed by atoms with Crippen LogP contribution in [0.3, 0.4) is 0 Å². The molecule has 0 saturated heterocycles. The number of aromatic nitrogens is 4. The average molecular weight is 402 g/mol. The maximum Gasteiger partial charge on any atom is 0.216 e. The number of aryl methyl sites for hydroxylation is 2. The first-order chi connectivity index (χ1) is 14.1. The second kappa shape index (κ2) is 8.01. The molecule has 2 aromatic heterocycles. The topological polar surface area (TPSA) is 50.9 Å². The van der Waals surface area contributed by atoms with E-state index in [1.807, 2.05) is 19.2 Å². The van der Waals surface area contributed by atoms with E-state index in [2.05, 4.69) is 88.3 Å². The molecule has 4 aromatic rings. The molecule has 0 atom stereocenters. The van der Waals surface area contributed by atoms with Crippen molar-refractivity contribution in [3.63, 3.8) is 0 Å². The van der Waals surface area contributed by atoms with Gasteiger partial charge in [0, 0.05) is 29.1 Å². The van der Waals surface area contributed by atoms with Gasteiger partial charge in [-0.2, -0.15) is 14.9 Å². The van der Waals surface area contributed by atoms with E-state index in [0.29, 0.717) is 4.77 Å². The largest absolute Gasteiger partial charge is 0.318 e. The highest BCUT2D eigenvalue weighted by atomic mass is 32.1. The Kier molecular flexibility index (Phi) is 5.27. The van der Waals surface area contributed by atoms with Crippen molar-refractivity contribution in [3.05, 3.63) is 88.2 Å². The summed E-state index contributed by atoms with van der Waals surface area (Å²) in [6.07, 6.45) is 2.61. The number of aromatic amines is 1. The Bertz CT molecular complexity index is 1210. The zero-order valence-corrected chi connectivity index (χ0v) is 17.6. The number of benzene rings is 2. The predicted octanol–water partition coefficient (Wildman–Crippen LogP) is 5.46. The van der Waals surface area contributed by atoms with Crippen LogP contribution in [-0.2, 0) is 6.42 Å². The van der Waals surface area contributed by atoms with Gasteiger partial charge in [0.1, 0.15) is 0 Å². The van der Waals surface area contributed by atoms with E-state index in [9.17, 15) is 0 Å². The molecule has 2 aromatic carbocycles. The van der Waals surface area contributed by atoms with Crippen LogP contribution < -0.4 is 0 Å². The van der Waals surface area contributed by atoms with Crippen LogP contribution in [0.25, 0.3) is 16.8 Å². The Morgan fingerprint density at radius 2 is 1.72 bits per heavy atom. The molecule has 0 saturated carbocycles. The monoisotopic (exact) mass is 401 g/mol. The van der Waals surface area contributed by atoms with E-state index in [1.54, 1.807) is 4.68 Å². The summed E-state index contributed by atoms with van der Waals surface area (Å²) in [5.41, 5.74) is 6.90. The Morgan fingerprint density at radius 3 is 2.41 bits per heavy atom. The van der Waals surface area contributed by atoms with Gasteiger partial charge >= 0.3 is 0 Å². The van der Waals surface area contributed by atoms with Crippen molar-refractivity contribution >= 4 is 18.4 Å². The number of hydrogen-bond donors (Lipinski definition) is 1. The molecule has 0 aliphatic carbocycles. The highest BCUT2D eigenvalue weighted by Gasteiger charge is 2.10. The molecule has 0 amide bonds. The summed E-state index contributed by atoms with van der Waals surface area (Å²) < 4.78 is 4.42. The summed E-state index contributed by atoms with van der Waals surface area (Å²) in [5.74, 6) is 0.816. The summed E-state index contributed by atoms with van der Waals surface area (Å²) in [4.78, 5) is 0. The van der Waals surface area contributed by atoms with Crippen molar-refractivity contribution in [2.24, 2.45) is 5.10 Å². The van der Waals surface area contributed by atoms with Gasteiger partial charge in [0.15, 0.2) is 5.82 Å². The summed E-state index contributed by atoms with van der Waals surface area (Å²) in [5, 5.41) is 11.5. The van der Waals surface area contributed by atoms with Crippen LogP contribution in [0.5, 0.6) is 0 Å². The third-order valence-corrected chi connectivity index (χ3v) is 5.31.